The Hall–Kier alpha value is -0.570. The van der Waals surface area contributed by atoms with E-state index in [1.807, 2.05) is 0 Å². The number of carbonyl (C=O) groups excluding carboxylic acids is 1. The summed E-state index contributed by atoms with van der Waals surface area (Å²) in [5.41, 5.74) is 0. The molecule has 80 valence electrons. The number of hydrogen-bond donors (Lipinski definition) is 0. The van der Waals surface area contributed by atoms with Crippen LogP contribution in [0.25, 0.3) is 0 Å². The molecule has 2 rings (SSSR count). The maximum absolute atomic E-state index is 11.4. The van der Waals surface area contributed by atoms with E-state index >= 15 is 0 Å². The molecular weight excluding hydrogens is 180 g/mol. The molecule has 0 radical (unpaired) electrons. The molecule has 0 aromatic carbocycles. The van der Waals surface area contributed by atoms with Crippen molar-refractivity contribution >= 4 is 5.97 Å². The van der Waals surface area contributed by atoms with Gasteiger partial charge in [-0.15, -0.1) is 0 Å². The number of esters is 1. The maximum atomic E-state index is 11.4. The SMILES string of the molecule is CCC1CCC(OC(=O)C2CO2)C1C. The predicted octanol–water partition coefficient (Wildman–Crippen LogP) is 1.75. The minimum Gasteiger partial charge on any atom is -0.460 e. The van der Waals surface area contributed by atoms with Gasteiger partial charge in [0.15, 0.2) is 6.10 Å². The molecule has 2 fully saturated rings. The first-order valence-electron chi connectivity index (χ1n) is 5.54. The second-order valence-electron chi connectivity index (χ2n) is 4.40. The molecule has 0 amide bonds. The van der Waals surface area contributed by atoms with Crippen LogP contribution in [0.2, 0.25) is 0 Å². The predicted molar refractivity (Wildman–Crippen MR) is 51.8 cm³/mol. The van der Waals surface area contributed by atoms with Crippen molar-refractivity contribution in [3.8, 4) is 0 Å². The number of rotatable bonds is 3. The van der Waals surface area contributed by atoms with Crippen molar-refractivity contribution in [2.24, 2.45) is 11.8 Å². The molecule has 14 heavy (non-hydrogen) atoms. The van der Waals surface area contributed by atoms with Gasteiger partial charge in [0.05, 0.1) is 6.61 Å². The molecule has 3 nitrogen and oxygen atoms in total. The quantitative estimate of drug-likeness (QED) is 0.512. The summed E-state index contributed by atoms with van der Waals surface area (Å²) in [5.74, 6) is 1.09. The summed E-state index contributed by atoms with van der Waals surface area (Å²) in [6, 6.07) is 0. The van der Waals surface area contributed by atoms with Crippen LogP contribution >= 0.6 is 0 Å². The molecule has 1 saturated heterocycles. The first-order chi connectivity index (χ1) is 6.72. The number of carbonyl (C=O) groups is 1. The van der Waals surface area contributed by atoms with Crippen molar-refractivity contribution in [2.45, 2.75) is 45.3 Å². The lowest BCUT2D eigenvalue weighted by atomic mass is 9.94. The van der Waals surface area contributed by atoms with Crippen LogP contribution in [0.5, 0.6) is 0 Å². The Morgan fingerprint density at radius 3 is 2.71 bits per heavy atom. The Kier molecular flexibility index (Phi) is 2.77. The second-order valence-corrected chi connectivity index (χ2v) is 4.40. The van der Waals surface area contributed by atoms with Gasteiger partial charge in [-0.2, -0.15) is 0 Å². The lowest BCUT2D eigenvalue weighted by Gasteiger charge is -2.19. The molecule has 1 aliphatic carbocycles. The summed E-state index contributed by atoms with van der Waals surface area (Å²) in [6.45, 7) is 4.94. The summed E-state index contributed by atoms with van der Waals surface area (Å²) >= 11 is 0. The highest BCUT2D eigenvalue weighted by Gasteiger charge is 2.39. The number of ether oxygens (including phenoxy) is 2. The standard InChI is InChI=1S/C11H18O3/c1-3-8-4-5-9(7(8)2)14-11(12)10-6-13-10/h7-10H,3-6H2,1-2H3. The first-order valence-corrected chi connectivity index (χ1v) is 5.54. The lowest BCUT2D eigenvalue weighted by molar-refractivity contribution is -0.152. The first kappa shape index (κ1) is 9.97. The van der Waals surface area contributed by atoms with Gasteiger partial charge in [-0.25, -0.2) is 4.79 Å². The van der Waals surface area contributed by atoms with Crippen LogP contribution in [0.3, 0.4) is 0 Å². The highest BCUT2D eigenvalue weighted by atomic mass is 16.6. The monoisotopic (exact) mass is 198 g/mol. The van der Waals surface area contributed by atoms with Gasteiger partial charge < -0.3 is 9.47 Å². The van der Waals surface area contributed by atoms with Crippen molar-refractivity contribution < 1.29 is 14.3 Å². The van der Waals surface area contributed by atoms with Gasteiger partial charge in [0.2, 0.25) is 0 Å². The molecule has 1 heterocycles. The molecule has 0 spiro atoms. The highest BCUT2D eigenvalue weighted by Crippen LogP contribution is 2.36. The third-order valence-electron chi connectivity index (χ3n) is 3.54. The Labute approximate surface area is 84.8 Å². The Balaban J connectivity index is 1.83. The van der Waals surface area contributed by atoms with Crippen LogP contribution in [-0.4, -0.2) is 24.8 Å². The van der Waals surface area contributed by atoms with Gasteiger partial charge in [0.1, 0.15) is 6.10 Å². The van der Waals surface area contributed by atoms with E-state index < -0.39 is 0 Å². The molecule has 0 aromatic rings. The van der Waals surface area contributed by atoms with Crippen LogP contribution < -0.4 is 0 Å². The molecule has 0 aromatic heterocycles. The lowest BCUT2D eigenvalue weighted by Crippen LogP contribution is -2.25. The third kappa shape index (κ3) is 1.92. The summed E-state index contributed by atoms with van der Waals surface area (Å²) < 4.78 is 10.3. The van der Waals surface area contributed by atoms with E-state index in [9.17, 15) is 4.79 Å². The smallest absolute Gasteiger partial charge is 0.337 e. The fourth-order valence-electron chi connectivity index (χ4n) is 2.36. The topological polar surface area (TPSA) is 38.8 Å². The summed E-state index contributed by atoms with van der Waals surface area (Å²) in [7, 11) is 0. The van der Waals surface area contributed by atoms with Gasteiger partial charge in [0.25, 0.3) is 0 Å². The van der Waals surface area contributed by atoms with Crippen LogP contribution in [0, 0.1) is 11.8 Å². The van der Waals surface area contributed by atoms with Crippen molar-refractivity contribution in [1.82, 2.24) is 0 Å². The van der Waals surface area contributed by atoms with Gasteiger partial charge in [-0.05, 0) is 24.7 Å². The maximum Gasteiger partial charge on any atom is 0.337 e. The molecule has 4 unspecified atom stereocenters. The summed E-state index contributed by atoms with van der Waals surface area (Å²) in [6.07, 6.45) is 3.30. The molecule has 2 aliphatic rings. The molecule has 0 bridgehead atoms. The second kappa shape index (κ2) is 3.89. The molecule has 3 heteroatoms. The molecule has 1 aliphatic heterocycles. The fraction of sp³-hybridized carbons (Fsp3) is 0.909. The van der Waals surface area contributed by atoms with Crippen LogP contribution in [0.15, 0.2) is 0 Å². The van der Waals surface area contributed by atoms with E-state index in [0.717, 1.165) is 12.3 Å². The Bertz CT molecular complexity index is 223. The number of hydrogen-bond acceptors (Lipinski definition) is 3. The highest BCUT2D eigenvalue weighted by molar-refractivity contribution is 5.77. The summed E-state index contributed by atoms with van der Waals surface area (Å²) in [4.78, 5) is 11.4. The van der Waals surface area contributed by atoms with Crippen molar-refractivity contribution in [3.63, 3.8) is 0 Å². The van der Waals surface area contributed by atoms with E-state index in [4.69, 9.17) is 9.47 Å². The Morgan fingerprint density at radius 2 is 2.21 bits per heavy atom. The molecule has 4 atom stereocenters. The van der Waals surface area contributed by atoms with E-state index in [2.05, 4.69) is 13.8 Å². The molecule has 0 N–H and O–H groups in total. The van der Waals surface area contributed by atoms with E-state index in [-0.39, 0.29) is 18.2 Å². The molecule has 1 saturated carbocycles. The normalized spacial score (nSPS) is 41.0. The van der Waals surface area contributed by atoms with Crippen LogP contribution in [0.4, 0.5) is 0 Å². The van der Waals surface area contributed by atoms with Crippen molar-refractivity contribution in [1.29, 1.82) is 0 Å². The van der Waals surface area contributed by atoms with Gasteiger partial charge in [-0.3, -0.25) is 0 Å². The summed E-state index contributed by atoms with van der Waals surface area (Å²) in [5, 5.41) is 0. The minimum absolute atomic E-state index is 0.136. The Morgan fingerprint density at radius 1 is 1.50 bits per heavy atom. The average molecular weight is 198 g/mol. The largest absolute Gasteiger partial charge is 0.460 e. The van der Waals surface area contributed by atoms with Crippen molar-refractivity contribution in [3.05, 3.63) is 0 Å². The minimum atomic E-state index is -0.247. The van der Waals surface area contributed by atoms with Gasteiger partial charge in [0, 0.05) is 0 Å². The van der Waals surface area contributed by atoms with Crippen molar-refractivity contribution in [2.75, 3.05) is 6.61 Å². The zero-order valence-corrected chi connectivity index (χ0v) is 8.86. The zero-order chi connectivity index (χ0) is 10.1. The van der Waals surface area contributed by atoms with Crippen LogP contribution in [-0.2, 0) is 14.3 Å². The van der Waals surface area contributed by atoms with E-state index in [1.54, 1.807) is 0 Å². The fourth-order valence-corrected chi connectivity index (χ4v) is 2.36. The third-order valence-corrected chi connectivity index (χ3v) is 3.54. The zero-order valence-electron chi connectivity index (χ0n) is 8.86. The van der Waals surface area contributed by atoms with Crippen LogP contribution in [0.1, 0.15) is 33.1 Å². The van der Waals surface area contributed by atoms with Gasteiger partial charge in [-0.1, -0.05) is 20.3 Å². The molecular formula is C11H18O3. The average Bonchev–Trinajstić information content (AvgIpc) is 2.95. The van der Waals surface area contributed by atoms with E-state index in [0.29, 0.717) is 12.5 Å². The van der Waals surface area contributed by atoms with Gasteiger partial charge >= 0.3 is 5.97 Å². The number of epoxide rings is 1. The van der Waals surface area contributed by atoms with E-state index in [1.165, 1.54) is 12.8 Å².